The maximum Gasteiger partial charge on any atom is 0.261 e. The Bertz CT molecular complexity index is 1900. The molecule has 2 fully saturated rings. The van der Waals surface area contributed by atoms with Crippen molar-refractivity contribution in [3.8, 4) is 0 Å². The van der Waals surface area contributed by atoms with E-state index in [2.05, 4.69) is 16.8 Å². The predicted molar refractivity (Wildman–Crippen MR) is 194 cm³/mol. The number of imide groups is 1. The van der Waals surface area contributed by atoms with Gasteiger partial charge < -0.3 is 20.7 Å². The van der Waals surface area contributed by atoms with Gasteiger partial charge in [-0.3, -0.25) is 26.2 Å². The number of hydrogen-bond acceptors (Lipinski definition) is 9. The number of nitrogens with two attached hydrogens (primary N) is 3. The summed E-state index contributed by atoms with van der Waals surface area (Å²) >= 11 is 12.3. The van der Waals surface area contributed by atoms with Gasteiger partial charge in [-0.1, -0.05) is 42.8 Å². The Balaban J connectivity index is 0.000000223. The molecule has 3 aliphatic heterocycles. The lowest BCUT2D eigenvalue weighted by Crippen LogP contribution is -2.29. The molecule has 2 aromatic heterocycles. The molecule has 2 atom stereocenters. The molecule has 50 heavy (non-hydrogen) atoms. The number of aromatic nitrogens is 4. The molecule has 13 nitrogen and oxygen atoms in total. The van der Waals surface area contributed by atoms with Crippen molar-refractivity contribution in [1.82, 2.24) is 24.5 Å². The van der Waals surface area contributed by atoms with Crippen LogP contribution in [0.1, 0.15) is 90.5 Å². The molecule has 0 radical (unpaired) electrons. The Morgan fingerprint density at radius 1 is 0.720 bits per heavy atom. The first-order valence-corrected chi connectivity index (χ1v) is 16.7. The second kappa shape index (κ2) is 17.3. The van der Waals surface area contributed by atoms with Gasteiger partial charge in [0.1, 0.15) is 0 Å². The average molecular weight is 728 g/mol. The lowest BCUT2D eigenvalue weighted by atomic mass is 10.1. The molecule has 3 aliphatic rings. The highest BCUT2D eigenvalue weighted by molar-refractivity contribution is 6.31. The van der Waals surface area contributed by atoms with Gasteiger partial charge in [-0.15, -0.1) is 0 Å². The summed E-state index contributed by atoms with van der Waals surface area (Å²) in [5.41, 5.74) is 10.1. The molecular formula is C35H44Cl2N8O5. The quantitative estimate of drug-likeness (QED) is 0.116. The first kappa shape index (κ1) is 38.9. The lowest BCUT2D eigenvalue weighted by Gasteiger charge is -2.23. The Morgan fingerprint density at radius 3 is 1.62 bits per heavy atom. The van der Waals surface area contributed by atoms with Gasteiger partial charge in [0.05, 0.1) is 40.1 Å². The van der Waals surface area contributed by atoms with E-state index in [0.717, 1.165) is 66.2 Å². The van der Waals surface area contributed by atoms with E-state index >= 15 is 0 Å². The number of ether oxygens (including phenoxy) is 2. The molecule has 0 spiro atoms. The molecule has 0 saturated carbocycles. The molecule has 0 bridgehead atoms. The molecule has 0 aliphatic carbocycles. The van der Waals surface area contributed by atoms with Crippen LogP contribution >= 0.6 is 23.2 Å². The predicted octanol–water partition coefficient (Wildman–Crippen LogP) is 5.66. The molecule has 8 N–H and O–H groups in total. The van der Waals surface area contributed by atoms with E-state index in [1.165, 1.54) is 11.3 Å². The molecule has 15 heteroatoms. The number of rotatable bonds is 5. The fourth-order valence-electron chi connectivity index (χ4n) is 6.43. The minimum absolute atomic E-state index is 0. The first-order chi connectivity index (χ1) is 23.4. The summed E-state index contributed by atoms with van der Waals surface area (Å²) in [5, 5.41) is 12.5. The van der Waals surface area contributed by atoms with Gasteiger partial charge in [0, 0.05) is 40.6 Å². The van der Waals surface area contributed by atoms with Crippen molar-refractivity contribution in [3.63, 3.8) is 0 Å². The SMILES string of the molecule is C.NCc1nn(C2CCCCO2)c2ccc(Cl)cc12.NN.O.O=C1c2ccccc2C(=O)N1Cc1nn(C2CCCCO2)c2ccc(Cl)cc12. The van der Waals surface area contributed by atoms with Crippen LogP contribution in [0.15, 0.2) is 60.7 Å². The van der Waals surface area contributed by atoms with Crippen molar-refractivity contribution >= 4 is 56.8 Å². The minimum Gasteiger partial charge on any atom is -0.412 e. The lowest BCUT2D eigenvalue weighted by molar-refractivity contribution is -0.0370. The number of amides is 2. The standard InChI is InChI=1S/C21H18ClN3O3.C13H16ClN3O.CH4.H4N2.H2O/c22-13-8-9-18-16(11-13)17(23-25(18)19-7-3-4-10-28-19)12-24-20(26)14-5-1-2-6-15(14)21(24)27;14-9-4-5-12-10(7-9)11(8-15)16-17(12)13-3-1-2-6-18-13;;1-2;/h1-2,5-6,8-9,11,19H,3-4,7,10,12H2;4-5,7,13H,1-3,6,8,15H2;1H4;1-2H2;1H2. The molecular weight excluding hydrogens is 683 g/mol. The van der Waals surface area contributed by atoms with Crippen LogP contribution in [0.5, 0.6) is 0 Å². The summed E-state index contributed by atoms with van der Waals surface area (Å²) < 4.78 is 15.5. The number of fused-ring (bicyclic) bond motifs is 3. The van der Waals surface area contributed by atoms with Gasteiger partial charge in [0.15, 0.2) is 12.5 Å². The van der Waals surface area contributed by atoms with Gasteiger partial charge in [0.25, 0.3) is 11.8 Å². The van der Waals surface area contributed by atoms with Gasteiger partial charge in [-0.25, -0.2) is 9.36 Å². The van der Waals surface area contributed by atoms with Gasteiger partial charge >= 0.3 is 0 Å². The molecule has 2 amide bonds. The normalized spacial score (nSPS) is 18.4. The second-order valence-electron chi connectivity index (χ2n) is 11.7. The summed E-state index contributed by atoms with van der Waals surface area (Å²) in [6, 6.07) is 18.2. The van der Waals surface area contributed by atoms with E-state index in [1.807, 2.05) is 45.8 Å². The summed E-state index contributed by atoms with van der Waals surface area (Å²) in [5.74, 6) is 7.42. The van der Waals surface area contributed by atoms with Crippen molar-refractivity contribution in [1.29, 1.82) is 0 Å². The summed E-state index contributed by atoms with van der Waals surface area (Å²) in [4.78, 5) is 26.7. The van der Waals surface area contributed by atoms with Crippen molar-refractivity contribution in [2.24, 2.45) is 17.4 Å². The molecule has 2 unspecified atom stereocenters. The van der Waals surface area contributed by atoms with E-state index in [1.54, 1.807) is 24.3 Å². The molecule has 2 saturated heterocycles. The monoisotopic (exact) mass is 726 g/mol. The number of hydrazine groups is 1. The Hall–Kier alpha value is -3.92. The Kier molecular flexibility index (Phi) is 13.5. The number of nitrogens with zero attached hydrogens (tertiary/aromatic N) is 5. The van der Waals surface area contributed by atoms with Crippen LogP contribution in [0.3, 0.4) is 0 Å². The van der Waals surface area contributed by atoms with E-state index < -0.39 is 0 Å². The summed E-state index contributed by atoms with van der Waals surface area (Å²) in [7, 11) is 0. The third-order valence-corrected chi connectivity index (χ3v) is 9.20. The summed E-state index contributed by atoms with van der Waals surface area (Å²) in [6.45, 7) is 2.02. The maximum absolute atomic E-state index is 12.7. The van der Waals surface area contributed by atoms with Crippen molar-refractivity contribution < 1.29 is 24.5 Å². The average Bonchev–Trinajstić information content (AvgIpc) is 3.76. The minimum atomic E-state index is -0.292. The third kappa shape index (κ3) is 7.70. The number of hydrogen-bond donors (Lipinski definition) is 3. The number of halogens is 2. The van der Waals surface area contributed by atoms with Crippen LogP contribution in [0.2, 0.25) is 10.0 Å². The fourth-order valence-corrected chi connectivity index (χ4v) is 6.77. The van der Waals surface area contributed by atoms with Crippen LogP contribution in [0, 0.1) is 0 Å². The molecule has 8 rings (SSSR count). The van der Waals surface area contributed by atoms with Crippen LogP contribution in [-0.4, -0.2) is 55.0 Å². The second-order valence-corrected chi connectivity index (χ2v) is 12.6. The van der Waals surface area contributed by atoms with Crippen molar-refractivity contribution in [3.05, 3.63) is 93.2 Å². The highest BCUT2D eigenvalue weighted by atomic mass is 35.5. The topological polar surface area (TPSA) is 201 Å². The van der Waals surface area contributed by atoms with E-state index in [4.69, 9.17) is 43.5 Å². The van der Waals surface area contributed by atoms with Crippen molar-refractivity contribution in [2.75, 3.05) is 13.2 Å². The number of benzene rings is 3. The zero-order valence-corrected chi connectivity index (χ0v) is 28.4. The fraction of sp³-hybridized carbons (Fsp3) is 0.371. The highest BCUT2D eigenvalue weighted by Gasteiger charge is 2.36. The van der Waals surface area contributed by atoms with Gasteiger partial charge in [0.2, 0.25) is 0 Å². The number of carbonyl (C=O) groups is 2. The van der Waals surface area contributed by atoms with Crippen LogP contribution in [0.4, 0.5) is 0 Å². The number of carbonyl (C=O) groups excluding carboxylic acids is 2. The third-order valence-electron chi connectivity index (χ3n) is 8.73. The highest BCUT2D eigenvalue weighted by Crippen LogP contribution is 2.33. The van der Waals surface area contributed by atoms with Gasteiger partial charge in [-0.2, -0.15) is 10.2 Å². The Morgan fingerprint density at radius 2 is 1.18 bits per heavy atom. The van der Waals surface area contributed by atoms with Crippen LogP contribution in [-0.2, 0) is 22.6 Å². The van der Waals surface area contributed by atoms with E-state index in [0.29, 0.717) is 40.0 Å². The summed E-state index contributed by atoms with van der Waals surface area (Å²) in [6.07, 6.45) is 6.20. The van der Waals surface area contributed by atoms with Gasteiger partial charge in [-0.05, 0) is 87.1 Å². The van der Waals surface area contributed by atoms with Crippen molar-refractivity contribution in [2.45, 2.75) is 71.5 Å². The maximum atomic E-state index is 12.7. The van der Waals surface area contributed by atoms with Crippen LogP contribution < -0.4 is 17.4 Å². The zero-order valence-electron chi connectivity index (χ0n) is 26.9. The molecule has 5 aromatic rings. The van der Waals surface area contributed by atoms with Crippen LogP contribution in [0.25, 0.3) is 21.8 Å². The first-order valence-electron chi connectivity index (χ1n) is 16.0. The molecule has 268 valence electrons. The molecule has 5 heterocycles. The zero-order chi connectivity index (χ0) is 33.8. The smallest absolute Gasteiger partial charge is 0.261 e. The Labute approximate surface area is 300 Å². The molecule has 3 aromatic carbocycles. The largest absolute Gasteiger partial charge is 0.412 e. The van der Waals surface area contributed by atoms with E-state index in [9.17, 15) is 9.59 Å². The van der Waals surface area contributed by atoms with E-state index in [-0.39, 0.29) is 43.7 Å².